The minimum atomic E-state index is -0.950. The summed E-state index contributed by atoms with van der Waals surface area (Å²) in [4.78, 5) is 25.7. The fourth-order valence-electron chi connectivity index (χ4n) is 3.39. The molecule has 7 heteroatoms. The van der Waals surface area contributed by atoms with Gasteiger partial charge in [-0.15, -0.1) is 0 Å². The molecule has 0 aromatic heterocycles. The third kappa shape index (κ3) is 4.09. The van der Waals surface area contributed by atoms with E-state index in [1.807, 2.05) is 6.07 Å². The van der Waals surface area contributed by atoms with Crippen LogP contribution in [-0.4, -0.2) is 55.9 Å². The van der Waals surface area contributed by atoms with Crippen LogP contribution in [0.25, 0.3) is 0 Å². The SMILES string of the molecule is COc1cc2c(cc1OC)[C@H](CC(=O)O)N(C(=O)COCC1CC1)CC2. The number of carboxylic acid groups (broad SMARTS) is 1. The van der Waals surface area contributed by atoms with Crippen LogP contribution < -0.4 is 9.47 Å². The molecule has 142 valence electrons. The van der Waals surface area contributed by atoms with E-state index in [2.05, 4.69) is 0 Å². The Kier molecular flexibility index (Phi) is 5.66. The van der Waals surface area contributed by atoms with Crippen molar-refractivity contribution in [3.8, 4) is 11.5 Å². The first-order valence-corrected chi connectivity index (χ1v) is 8.87. The molecule has 1 saturated carbocycles. The first-order valence-electron chi connectivity index (χ1n) is 8.87. The Morgan fingerprint density at radius 2 is 1.88 bits per heavy atom. The predicted molar refractivity (Wildman–Crippen MR) is 93.5 cm³/mol. The molecule has 1 atom stereocenters. The number of methoxy groups -OCH3 is 2. The van der Waals surface area contributed by atoms with E-state index in [9.17, 15) is 14.7 Å². The van der Waals surface area contributed by atoms with E-state index in [4.69, 9.17) is 14.2 Å². The van der Waals surface area contributed by atoms with Gasteiger partial charge in [0.05, 0.1) is 33.3 Å². The van der Waals surface area contributed by atoms with Gasteiger partial charge in [-0.1, -0.05) is 0 Å². The Bertz CT molecular complexity index is 685. The van der Waals surface area contributed by atoms with E-state index >= 15 is 0 Å². The molecule has 2 aliphatic rings. The van der Waals surface area contributed by atoms with Gasteiger partial charge in [0.1, 0.15) is 6.61 Å². The van der Waals surface area contributed by atoms with Gasteiger partial charge in [-0.2, -0.15) is 0 Å². The maximum atomic E-state index is 12.6. The normalized spacial score (nSPS) is 19.0. The highest BCUT2D eigenvalue weighted by atomic mass is 16.5. The number of carboxylic acids is 1. The fraction of sp³-hybridized carbons (Fsp3) is 0.579. The molecule has 3 rings (SSSR count). The number of amides is 1. The van der Waals surface area contributed by atoms with E-state index in [0.29, 0.717) is 37.0 Å². The molecule has 0 spiro atoms. The maximum Gasteiger partial charge on any atom is 0.305 e. The predicted octanol–water partition coefficient (Wildman–Crippen LogP) is 2.03. The van der Waals surface area contributed by atoms with Crippen LogP contribution >= 0.6 is 0 Å². The molecule has 0 bridgehead atoms. The molecule has 26 heavy (non-hydrogen) atoms. The van der Waals surface area contributed by atoms with Gasteiger partial charge in [-0.3, -0.25) is 9.59 Å². The van der Waals surface area contributed by atoms with Crippen molar-refractivity contribution in [3.63, 3.8) is 0 Å². The van der Waals surface area contributed by atoms with Crippen molar-refractivity contribution in [1.29, 1.82) is 0 Å². The number of hydrogen-bond acceptors (Lipinski definition) is 5. The highest BCUT2D eigenvalue weighted by Gasteiger charge is 2.34. The molecule has 0 saturated heterocycles. The number of ether oxygens (including phenoxy) is 3. The largest absolute Gasteiger partial charge is 0.493 e. The van der Waals surface area contributed by atoms with Crippen LogP contribution in [0.2, 0.25) is 0 Å². The summed E-state index contributed by atoms with van der Waals surface area (Å²) in [5.41, 5.74) is 1.78. The number of benzene rings is 1. The molecule has 1 fully saturated rings. The van der Waals surface area contributed by atoms with E-state index < -0.39 is 12.0 Å². The van der Waals surface area contributed by atoms with Crippen molar-refractivity contribution in [1.82, 2.24) is 4.90 Å². The maximum absolute atomic E-state index is 12.6. The first kappa shape index (κ1) is 18.5. The summed E-state index contributed by atoms with van der Waals surface area (Å²) in [6, 6.07) is 3.12. The molecule has 1 aromatic carbocycles. The van der Waals surface area contributed by atoms with E-state index in [0.717, 1.165) is 24.0 Å². The standard InChI is InChI=1S/C19H25NO6/c1-24-16-7-13-5-6-20(18(21)11-26-10-12-3-4-12)15(9-19(22)23)14(13)8-17(16)25-2/h7-8,12,15H,3-6,9-11H2,1-2H3,(H,22,23)/t15-/m0/s1. The van der Waals surface area contributed by atoms with Crippen molar-refractivity contribution in [2.45, 2.75) is 31.7 Å². The van der Waals surface area contributed by atoms with Crippen LogP contribution in [0.3, 0.4) is 0 Å². The lowest BCUT2D eigenvalue weighted by molar-refractivity contribution is -0.143. The lowest BCUT2D eigenvalue weighted by Crippen LogP contribution is -2.42. The average Bonchev–Trinajstić information content (AvgIpc) is 3.44. The molecular weight excluding hydrogens is 338 g/mol. The van der Waals surface area contributed by atoms with Crippen molar-refractivity contribution >= 4 is 11.9 Å². The van der Waals surface area contributed by atoms with Gasteiger partial charge in [0.2, 0.25) is 5.91 Å². The van der Waals surface area contributed by atoms with Gasteiger partial charge in [-0.05, 0) is 48.4 Å². The zero-order valence-corrected chi connectivity index (χ0v) is 15.2. The second-order valence-corrected chi connectivity index (χ2v) is 6.82. The van der Waals surface area contributed by atoms with Crippen LogP contribution in [0.4, 0.5) is 0 Å². The van der Waals surface area contributed by atoms with Crippen molar-refractivity contribution in [2.24, 2.45) is 5.92 Å². The monoisotopic (exact) mass is 363 g/mol. The fourth-order valence-corrected chi connectivity index (χ4v) is 3.39. The summed E-state index contributed by atoms with van der Waals surface area (Å²) in [7, 11) is 3.10. The van der Waals surface area contributed by atoms with Gasteiger partial charge in [0.15, 0.2) is 11.5 Å². The zero-order valence-electron chi connectivity index (χ0n) is 15.2. The quantitative estimate of drug-likeness (QED) is 0.761. The molecule has 1 aliphatic heterocycles. The Morgan fingerprint density at radius 3 is 2.50 bits per heavy atom. The van der Waals surface area contributed by atoms with Gasteiger partial charge in [-0.25, -0.2) is 0 Å². The molecule has 7 nitrogen and oxygen atoms in total. The van der Waals surface area contributed by atoms with Gasteiger partial charge < -0.3 is 24.2 Å². The van der Waals surface area contributed by atoms with E-state index in [-0.39, 0.29) is 18.9 Å². The molecule has 1 aromatic rings. The summed E-state index contributed by atoms with van der Waals surface area (Å²) in [6.45, 7) is 1.06. The van der Waals surface area contributed by atoms with Crippen molar-refractivity contribution < 1.29 is 28.9 Å². The zero-order chi connectivity index (χ0) is 18.7. The van der Waals surface area contributed by atoms with Crippen LogP contribution in [-0.2, 0) is 20.7 Å². The highest BCUT2D eigenvalue weighted by molar-refractivity contribution is 5.79. The van der Waals surface area contributed by atoms with Crippen molar-refractivity contribution in [2.75, 3.05) is 34.0 Å². The van der Waals surface area contributed by atoms with Crippen LogP contribution in [0.1, 0.15) is 36.4 Å². The minimum Gasteiger partial charge on any atom is -0.493 e. The lowest BCUT2D eigenvalue weighted by atomic mass is 9.90. The molecule has 1 amide bonds. The topological polar surface area (TPSA) is 85.3 Å². The number of aliphatic carboxylic acids is 1. The lowest BCUT2D eigenvalue weighted by Gasteiger charge is -2.37. The van der Waals surface area contributed by atoms with Crippen molar-refractivity contribution in [3.05, 3.63) is 23.3 Å². The number of hydrogen-bond donors (Lipinski definition) is 1. The molecule has 0 radical (unpaired) electrons. The third-order valence-electron chi connectivity index (χ3n) is 4.97. The molecule has 0 unspecified atom stereocenters. The van der Waals surface area contributed by atoms with E-state index in [1.54, 1.807) is 18.1 Å². The average molecular weight is 363 g/mol. The second-order valence-electron chi connectivity index (χ2n) is 6.82. The number of fused-ring (bicyclic) bond motifs is 1. The summed E-state index contributed by atoms with van der Waals surface area (Å²) in [5.74, 6) is 0.594. The highest BCUT2D eigenvalue weighted by Crippen LogP contribution is 2.39. The van der Waals surface area contributed by atoms with Gasteiger partial charge in [0, 0.05) is 6.54 Å². The number of nitrogens with zero attached hydrogens (tertiary/aromatic N) is 1. The van der Waals surface area contributed by atoms with Gasteiger partial charge in [0.25, 0.3) is 0 Å². The minimum absolute atomic E-state index is 0.00472. The Balaban J connectivity index is 1.82. The Morgan fingerprint density at radius 1 is 1.19 bits per heavy atom. The van der Waals surface area contributed by atoms with Crippen LogP contribution in [0.15, 0.2) is 12.1 Å². The number of carbonyl (C=O) groups excluding carboxylic acids is 1. The Labute approximate surface area is 152 Å². The second kappa shape index (κ2) is 7.95. The molecule has 1 N–H and O–H groups in total. The first-order chi connectivity index (χ1) is 12.5. The molecule has 1 aliphatic carbocycles. The molecular formula is C19H25NO6. The number of rotatable bonds is 8. The Hall–Kier alpha value is -2.28. The van der Waals surface area contributed by atoms with Gasteiger partial charge >= 0.3 is 5.97 Å². The number of carbonyl (C=O) groups is 2. The van der Waals surface area contributed by atoms with Crippen LogP contribution in [0.5, 0.6) is 11.5 Å². The smallest absolute Gasteiger partial charge is 0.305 e. The summed E-state index contributed by atoms with van der Waals surface area (Å²) >= 11 is 0. The summed E-state index contributed by atoms with van der Waals surface area (Å²) in [6.07, 6.45) is 2.81. The summed E-state index contributed by atoms with van der Waals surface area (Å²) < 4.78 is 16.2. The third-order valence-corrected chi connectivity index (χ3v) is 4.97. The van der Waals surface area contributed by atoms with E-state index in [1.165, 1.54) is 7.11 Å². The van der Waals surface area contributed by atoms with Crippen LogP contribution in [0, 0.1) is 5.92 Å². The molecule has 1 heterocycles. The summed E-state index contributed by atoms with van der Waals surface area (Å²) in [5, 5.41) is 9.35.